The molecule has 3 heterocycles. The van der Waals surface area contributed by atoms with Crippen molar-refractivity contribution in [2.24, 2.45) is 10.3 Å². The van der Waals surface area contributed by atoms with Crippen molar-refractivity contribution >= 4 is 58.1 Å². The summed E-state index contributed by atoms with van der Waals surface area (Å²) in [6.45, 7) is -1.48. The van der Waals surface area contributed by atoms with Crippen molar-refractivity contribution in [3.63, 3.8) is 0 Å². The molecular weight excluding hydrogens is 643 g/mol. The van der Waals surface area contributed by atoms with Crippen molar-refractivity contribution in [1.29, 1.82) is 0 Å². The fourth-order valence-electron chi connectivity index (χ4n) is 5.29. The lowest BCUT2D eigenvalue weighted by Gasteiger charge is -2.22. The first-order valence-corrected chi connectivity index (χ1v) is 17.6. The molecule has 0 spiro atoms. The number of nitrogens with zero attached hydrogens (tertiary/aromatic N) is 4. The number of carbonyl (C=O) groups is 2. The van der Waals surface area contributed by atoms with Crippen LogP contribution in [-0.4, -0.2) is 102 Å². The SMILES string of the molecule is COCC(OC[C@H]1O[C@@H](n2ncc3c(NC4CCCC4)cc(Cl)nc32)[C@H](O)[C@@H]1O)(C(=O)N=S(C)(=O)NC(=O)C1CC1)[P+](=O)O. The van der Waals surface area contributed by atoms with Crippen LogP contribution >= 0.6 is 19.6 Å². The molecule has 3 unspecified atom stereocenters. The number of pyridine rings is 1. The van der Waals surface area contributed by atoms with Gasteiger partial charge in [0.25, 0.3) is 0 Å². The Kier molecular flexibility index (Phi) is 9.90. The van der Waals surface area contributed by atoms with Gasteiger partial charge in [0.2, 0.25) is 5.91 Å². The number of amides is 2. The van der Waals surface area contributed by atoms with Gasteiger partial charge in [-0.2, -0.15) is 9.99 Å². The summed E-state index contributed by atoms with van der Waals surface area (Å²) in [5, 5.41) is 27.6. The minimum atomic E-state index is -3.66. The first-order valence-electron chi connectivity index (χ1n) is 14.0. The van der Waals surface area contributed by atoms with Gasteiger partial charge in [0.1, 0.15) is 40.0 Å². The Morgan fingerprint density at radius 3 is 2.61 bits per heavy atom. The molecule has 2 aromatic rings. The highest BCUT2D eigenvalue weighted by atomic mass is 35.5. The van der Waals surface area contributed by atoms with Gasteiger partial charge in [-0.05, 0) is 36.3 Å². The zero-order chi connectivity index (χ0) is 31.8. The number of hydrogen-bond donors (Lipinski definition) is 5. The monoisotopic (exact) mass is 677 g/mol. The van der Waals surface area contributed by atoms with E-state index in [2.05, 4.69) is 24.5 Å². The van der Waals surface area contributed by atoms with Crippen LogP contribution in [0.4, 0.5) is 5.69 Å². The second-order valence-electron chi connectivity index (χ2n) is 11.2. The fourth-order valence-corrected chi connectivity index (χ4v) is 7.24. The summed E-state index contributed by atoms with van der Waals surface area (Å²) in [7, 11) is -6.04. The Bertz CT molecular complexity index is 1560. The van der Waals surface area contributed by atoms with E-state index in [1.54, 1.807) is 6.07 Å². The summed E-state index contributed by atoms with van der Waals surface area (Å²) in [6, 6.07) is 1.96. The molecule has 44 heavy (non-hydrogen) atoms. The third kappa shape index (κ3) is 6.90. The number of nitrogens with one attached hydrogen (secondary N) is 2. The second-order valence-corrected chi connectivity index (χ2v) is 14.9. The Balaban J connectivity index is 1.35. The van der Waals surface area contributed by atoms with E-state index in [0.29, 0.717) is 23.9 Å². The number of methoxy groups -OCH3 is 1. The van der Waals surface area contributed by atoms with Crippen LogP contribution in [0.3, 0.4) is 0 Å². The van der Waals surface area contributed by atoms with Crippen LogP contribution in [0.5, 0.6) is 0 Å². The topological polar surface area (TPSA) is 224 Å². The molecule has 3 fully saturated rings. The maximum absolute atomic E-state index is 13.2. The molecule has 2 aliphatic carbocycles. The average molecular weight is 678 g/mol. The third-order valence-corrected chi connectivity index (χ3v) is 10.1. The molecule has 0 bridgehead atoms. The molecule has 0 aromatic carbocycles. The zero-order valence-electron chi connectivity index (χ0n) is 24.0. The molecule has 1 aliphatic heterocycles. The first-order chi connectivity index (χ1) is 20.8. The number of rotatable bonds is 12. The summed E-state index contributed by atoms with van der Waals surface area (Å²) in [6.07, 6.45) is 2.28. The van der Waals surface area contributed by atoms with Crippen molar-refractivity contribution in [3.05, 3.63) is 17.4 Å². The quantitative estimate of drug-likeness (QED) is 0.158. The molecule has 1 saturated heterocycles. The van der Waals surface area contributed by atoms with Gasteiger partial charge in [0, 0.05) is 25.3 Å². The van der Waals surface area contributed by atoms with Gasteiger partial charge in [-0.1, -0.05) is 24.4 Å². The van der Waals surface area contributed by atoms with E-state index < -0.39 is 72.9 Å². The van der Waals surface area contributed by atoms with Crippen LogP contribution in [0.25, 0.3) is 11.0 Å². The predicted octanol–water partition coefficient (Wildman–Crippen LogP) is 1.22. The Hall–Kier alpha value is -2.34. The number of hydrogen-bond acceptors (Lipinski definition) is 12. The minimum Gasteiger partial charge on any atom is -0.387 e. The van der Waals surface area contributed by atoms with Gasteiger partial charge in [-0.15, -0.1) is 4.36 Å². The van der Waals surface area contributed by atoms with Gasteiger partial charge in [-0.25, -0.2) is 13.9 Å². The number of aliphatic hydroxyl groups excluding tert-OH is 2. The number of aliphatic hydroxyl groups is 2. The van der Waals surface area contributed by atoms with E-state index in [1.807, 2.05) is 0 Å². The van der Waals surface area contributed by atoms with Crippen LogP contribution in [0.1, 0.15) is 44.8 Å². The van der Waals surface area contributed by atoms with Crippen molar-refractivity contribution in [1.82, 2.24) is 19.5 Å². The van der Waals surface area contributed by atoms with Crippen molar-refractivity contribution < 1.29 is 47.7 Å². The first kappa shape index (κ1) is 33.0. The summed E-state index contributed by atoms with van der Waals surface area (Å²) < 4.78 is 48.7. The summed E-state index contributed by atoms with van der Waals surface area (Å²) in [4.78, 5) is 39.8. The van der Waals surface area contributed by atoms with E-state index in [0.717, 1.165) is 39.0 Å². The molecule has 7 atom stereocenters. The number of ether oxygens (including phenoxy) is 3. The fraction of sp³-hybridized carbons (Fsp3) is 0.680. The molecular formula is C25H35ClN6O10PS+. The average Bonchev–Trinajstić information content (AvgIpc) is 3.42. The molecule has 0 radical (unpaired) electrons. The Morgan fingerprint density at radius 1 is 1.27 bits per heavy atom. The highest BCUT2D eigenvalue weighted by Crippen LogP contribution is 2.41. The second kappa shape index (κ2) is 13.2. The summed E-state index contributed by atoms with van der Waals surface area (Å²) in [5.74, 6) is -2.30. The highest BCUT2D eigenvalue weighted by Gasteiger charge is 2.61. The number of aromatic nitrogens is 3. The van der Waals surface area contributed by atoms with Crippen LogP contribution in [-0.2, 0) is 38.3 Å². The van der Waals surface area contributed by atoms with Crippen molar-refractivity contribution in [3.8, 4) is 0 Å². The normalized spacial score (nSPS) is 27.1. The van der Waals surface area contributed by atoms with Gasteiger partial charge in [0.15, 0.2) is 11.9 Å². The maximum atomic E-state index is 13.2. The number of halogens is 1. The largest absolute Gasteiger partial charge is 0.554 e. The van der Waals surface area contributed by atoms with Gasteiger partial charge >= 0.3 is 19.3 Å². The lowest BCUT2D eigenvalue weighted by molar-refractivity contribution is -0.147. The van der Waals surface area contributed by atoms with Crippen LogP contribution in [0.2, 0.25) is 5.15 Å². The minimum absolute atomic E-state index is 0.173. The van der Waals surface area contributed by atoms with E-state index in [4.69, 9.17) is 25.8 Å². The van der Waals surface area contributed by atoms with E-state index >= 15 is 0 Å². The van der Waals surface area contributed by atoms with Gasteiger partial charge < -0.3 is 29.7 Å². The van der Waals surface area contributed by atoms with Crippen LogP contribution < -0.4 is 10.0 Å². The smallest absolute Gasteiger partial charge is 0.387 e. The molecule has 2 saturated carbocycles. The van der Waals surface area contributed by atoms with E-state index in [1.165, 1.54) is 10.9 Å². The highest BCUT2D eigenvalue weighted by molar-refractivity contribution is 7.91. The number of carbonyl (C=O) groups excluding carboxylic acids is 2. The Morgan fingerprint density at radius 2 is 1.98 bits per heavy atom. The standard InChI is InChI=1S/C25H34ClN6O10PS/c1-40-12-25(43(37)38,24(36)31-44(2,39)30-22(35)13-7-8-13)41-11-17-19(33)20(34)23(42-17)32-21-15(10-27-32)16(9-18(26)29-21)28-14-5-3-4-6-14/h9-10,13-14,17,19-20,23,33-34H,3-8,11-12H2,1-2H3,(H2-,27,28,29,30,31,35,36,37,38,39)/p+1/t17-,19-,20-,23-,25?,44?/m1/s1. The van der Waals surface area contributed by atoms with Gasteiger partial charge in [0.05, 0.1) is 23.9 Å². The summed E-state index contributed by atoms with van der Waals surface area (Å²) in [5.41, 5.74) is 0.994. The molecule has 3 aliphatic rings. The molecule has 2 aromatic heterocycles. The number of anilines is 1. The van der Waals surface area contributed by atoms with Crippen molar-refractivity contribution in [2.75, 3.05) is 31.9 Å². The predicted molar refractivity (Wildman–Crippen MR) is 157 cm³/mol. The lowest BCUT2D eigenvalue weighted by atomic mass is 10.1. The molecule has 242 valence electrons. The lowest BCUT2D eigenvalue weighted by Crippen LogP contribution is -2.46. The molecule has 5 rings (SSSR count). The Labute approximate surface area is 259 Å². The zero-order valence-corrected chi connectivity index (χ0v) is 26.5. The molecule has 16 nitrogen and oxygen atoms in total. The molecule has 2 amide bonds. The molecule has 5 N–H and O–H groups in total. The van der Waals surface area contributed by atoms with E-state index in [-0.39, 0.29) is 22.8 Å². The van der Waals surface area contributed by atoms with Gasteiger partial charge in [-0.3, -0.25) is 14.3 Å². The van der Waals surface area contributed by atoms with Crippen LogP contribution in [0, 0.1) is 5.92 Å². The van der Waals surface area contributed by atoms with Crippen LogP contribution in [0.15, 0.2) is 16.6 Å². The maximum Gasteiger partial charge on any atom is 0.554 e. The number of fused-ring (bicyclic) bond motifs is 1. The van der Waals surface area contributed by atoms with E-state index in [9.17, 15) is 33.5 Å². The molecule has 19 heteroatoms. The summed E-state index contributed by atoms with van der Waals surface area (Å²) >= 11 is 6.31. The third-order valence-electron chi connectivity index (χ3n) is 7.79. The van der Waals surface area contributed by atoms with Crippen molar-refractivity contribution in [2.45, 2.75) is 74.4 Å².